The summed E-state index contributed by atoms with van der Waals surface area (Å²) in [5.74, 6) is -0.866. The zero-order valence-electron chi connectivity index (χ0n) is 13.3. The summed E-state index contributed by atoms with van der Waals surface area (Å²) in [4.78, 5) is 25.2. The van der Waals surface area contributed by atoms with Crippen molar-refractivity contribution in [2.45, 2.75) is 24.8 Å². The van der Waals surface area contributed by atoms with Crippen molar-refractivity contribution in [3.63, 3.8) is 0 Å². The first-order valence-corrected chi connectivity index (χ1v) is 8.44. The number of nitrogens with one attached hydrogen (secondary N) is 1. The Balaban J connectivity index is 1.95. The molecule has 0 spiro atoms. The fourth-order valence-electron chi connectivity index (χ4n) is 1.98. The molecule has 4 nitrogen and oxygen atoms in total. The van der Waals surface area contributed by atoms with Crippen LogP contribution in [0.4, 0.5) is 5.69 Å². The Morgan fingerprint density at radius 1 is 1.13 bits per heavy atom. The first-order chi connectivity index (χ1) is 11.0. The van der Waals surface area contributed by atoms with Gasteiger partial charge in [-0.3, -0.25) is 4.79 Å². The molecule has 23 heavy (non-hydrogen) atoms. The Bertz CT molecular complexity index is 698. The maximum absolute atomic E-state index is 12.1. The van der Waals surface area contributed by atoms with Gasteiger partial charge in [-0.05, 0) is 62.1 Å². The molecule has 0 saturated carbocycles. The van der Waals surface area contributed by atoms with Gasteiger partial charge in [0, 0.05) is 10.6 Å². The first kappa shape index (κ1) is 17.1. The zero-order valence-corrected chi connectivity index (χ0v) is 14.1. The second-order valence-electron chi connectivity index (χ2n) is 5.13. The predicted octanol–water partition coefficient (Wildman–Crippen LogP) is 3.90. The van der Waals surface area contributed by atoms with Crippen LogP contribution in [0.2, 0.25) is 0 Å². The van der Waals surface area contributed by atoms with E-state index in [0.29, 0.717) is 11.3 Å². The molecule has 0 aliphatic rings. The highest BCUT2D eigenvalue weighted by atomic mass is 32.2. The smallest absolute Gasteiger partial charge is 0.338 e. The number of carbonyl (C=O) groups excluding carboxylic acids is 2. The minimum Gasteiger partial charge on any atom is -0.449 e. The lowest BCUT2D eigenvalue weighted by Gasteiger charge is -2.14. The number of ether oxygens (including phenoxy) is 1. The molecule has 1 N–H and O–H groups in total. The van der Waals surface area contributed by atoms with E-state index in [1.165, 1.54) is 0 Å². The normalized spacial score (nSPS) is 11.6. The van der Waals surface area contributed by atoms with Crippen LogP contribution < -0.4 is 5.32 Å². The van der Waals surface area contributed by atoms with Crippen LogP contribution in [0.3, 0.4) is 0 Å². The van der Waals surface area contributed by atoms with Gasteiger partial charge in [-0.25, -0.2) is 4.79 Å². The second kappa shape index (κ2) is 7.83. The van der Waals surface area contributed by atoms with Crippen molar-refractivity contribution in [2.75, 3.05) is 11.6 Å². The van der Waals surface area contributed by atoms with E-state index in [0.717, 1.165) is 10.5 Å². The van der Waals surface area contributed by atoms with Gasteiger partial charge >= 0.3 is 5.97 Å². The van der Waals surface area contributed by atoms with E-state index in [1.54, 1.807) is 36.9 Å². The predicted molar refractivity (Wildman–Crippen MR) is 92.9 cm³/mol. The largest absolute Gasteiger partial charge is 0.449 e. The summed E-state index contributed by atoms with van der Waals surface area (Å²) in [5.41, 5.74) is 2.15. The molecule has 0 aliphatic heterocycles. The quantitative estimate of drug-likeness (QED) is 0.668. The molecule has 0 heterocycles. The van der Waals surface area contributed by atoms with Gasteiger partial charge < -0.3 is 10.1 Å². The van der Waals surface area contributed by atoms with Gasteiger partial charge in [0.1, 0.15) is 0 Å². The third kappa shape index (κ3) is 4.86. The van der Waals surface area contributed by atoms with Crippen molar-refractivity contribution in [3.8, 4) is 0 Å². The first-order valence-electron chi connectivity index (χ1n) is 7.22. The number of thioether (sulfide) groups is 1. The lowest BCUT2D eigenvalue weighted by atomic mass is 10.2. The van der Waals surface area contributed by atoms with Crippen molar-refractivity contribution in [1.29, 1.82) is 0 Å². The SMILES string of the molecule is CSc1ccc(C(=O)O[C@@H](C)C(=O)Nc2cccc(C)c2)cc1. The molecule has 0 fully saturated rings. The summed E-state index contributed by atoms with van der Waals surface area (Å²) in [6.07, 6.45) is 1.09. The highest BCUT2D eigenvalue weighted by Crippen LogP contribution is 2.16. The van der Waals surface area contributed by atoms with Crippen molar-refractivity contribution in [2.24, 2.45) is 0 Å². The van der Waals surface area contributed by atoms with Gasteiger partial charge in [0.05, 0.1) is 5.56 Å². The van der Waals surface area contributed by atoms with E-state index in [2.05, 4.69) is 5.32 Å². The third-order valence-electron chi connectivity index (χ3n) is 3.26. The molecule has 0 unspecified atom stereocenters. The van der Waals surface area contributed by atoms with Crippen LogP contribution in [0, 0.1) is 6.92 Å². The molecule has 0 aromatic heterocycles. The third-order valence-corrected chi connectivity index (χ3v) is 4.01. The Morgan fingerprint density at radius 3 is 2.43 bits per heavy atom. The van der Waals surface area contributed by atoms with Crippen LogP contribution >= 0.6 is 11.8 Å². The van der Waals surface area contributed by atoms with Crippen molar-refractivity contribution in [3.05, 3.63) is 59.7 Å². The van der Waals surface area contributed by atoms with Crippen molar-refractivity contribution in [1.82, 2.24) is 0 Å². The monoisotopic (exact) mass is 329 g/mol. The fraction of sp³-hybridized carbons (Fsp3) is 0.222. The Morgan fingerprint density at radius 2 is 1.83 bits per heavy atom. The lowest BCUT2D eigenvalue weighted by Crippen LogP contribution is -2.30. The molecular formula is C18H19NO3S. The number of carbonyl (C=O) groups is 2. The van der Waals surface area contributed by atoms with Gasteiger partial charge in [-0.15, -0.1) is 11.8 Å². The molecular weight excluding hydrogens is 310 g/mol. The Kier molecular flexibility index (Phi) is 5.82. The molecule has 5 heteroatoms. The maximum atomic E-state index is 12.1. The Labute approximate surface area is 140 Å². The number of rotatable bonds is 5. The zero-order chi connectivity index (χ0) is 16.8. The van der Waals surface area contributed by atoms with E-state index < -0.39 is 12.1 Å². The maximum Gasteiger partial charge on any atom is 0.338 e. The molecule has 0 saturated heterocycles. The topological polar surface area (TPSA) is 55.4 Å². The van der Waals surface area contributed by atoms with Gasteiger partial charge in [-0.2, -0.15) is 0 Å². The summed E-state index contributed by atoms with van der Waals surface area (Å²) >= 11 is 1.59. The van der Waals surface area contributed by atoms with E-state index in [4.69, 9.17) is 4.74 Å². The fourth-order valence-corrected chi connectivity index (χ4v) is 2.38. The summed E-state index contributed by atoms with van der Waals surface area (Å²) in [7, 11) is 0. The number of hydrogen-bond donors (Lipinski definition) is 1. The summed E-state index contributed by atoms with van der Waals surface area (Å²) in [6.45, 7) is 3.50. The van der Waals surface area contributed by atoms with E-state index in [-0.39, 0.29) is 5.91 Å². The molecule has 2 aromatic rings. The average molecular weight is 329 g/mol. The second-order valence-corrected chi connectivity index (χ2v) is 6.01. The molecule has 0 bridgehead atoms. The van der Waals surface area contributed by atoms with E-state index in [9.17, 15) is 9.59 Å². The lowest BCUT2D eigenvalue weighted by molar-refractivity contribution is -0.123. The number of esters is 1. The molecule has 0 aliphatic carbocycles. The van der Waals surface area contributed by atoms with Gasteiger partial charge in [0.2, 0.25) is 0 Å². The van der Waals surface area contributed by atoms with Crippen LogP contribution in [0.5, 0.6) is 0 Å². The van der Waals surface area contributed by atoms with E-state index >= 15 is 0 Å². The summed E-state index contributed by atoms with van der Waals surface area (Å²) < 4.78 is 5.22. The number of benzene rings is 2. The molecule has 1 atom stereocenters. The molecule has 1 amide bonds. The van der Waals surface area contributed by atoms with Crippen LogP contribution in [0.25, 0.3) is 0 Å². The minimum absolute atomic E-state index is 0.357. The van der Waals surface area contributed by atoms with Gasteiger partial charge in [-0.1, -0.05) is 12.1 Å². The van der Waals surface area contributed by atoms with Crippen molar-refractivity contribution >= 4 is 29.3 Å². The van der Waals surface area contributed by atoms with Crippen molar-refractivity contribution < 1.29 is 14.3 Å². The number of aryl methyl sites for hydroxylation is 1. The number of anilines is 1. The summed E-state index contributed by atoms with van der Waals surface area (Å²) in [6, 6.07) is 14.5. The minimum atomic E-state index is -0.872. The molecule has 2 rings (SSSR count). The highest BCUT2D eigenvalue weighted by molar-refractivity contribution is 7.98. The summed E-state index contributed by atoms with van der Waals surface area (Å²) in [5, 5.41) is 2.74. The molecule has 120 valence electrons. The van der Waals surface area contributed by atoms with E-state index in [1.807, 2.05) is 43.5 Å². The van der Waals surface area contributed by atoms with Crippen LogP contribution in [0.1, 0.15) is 22.8 Å². The number of amides is 1. The average Bonchev–Trinajstić information content (AvgIpc) is 2.54. The Hall–Kier alpha value is -2.27. The van der Waals surface area contributed by atoms with Crippen LogP contribution in [-0.4, -0.2) is 24.2 Å². The highest BCUT2D eigenvalue weighted by Gasteiger charge is 2.19. The van der Waals surface area contributed by atoms with Gasteiger partial charge in [0.15, 0.2) is 6.10 Å². The van der Waals surface area contributed by atoms with Crippen LogP contribution in [-0.2, 0) is 9.53 Å². The number of hydrogen-bond acceptors (Lipinski definition) is 4. The van der Waals surface area contributed by atoms with Crippen LogP contribution in [0.15, 0.2) is 53.4 Å². The van der Waals surface area contributed by atoms with Gasteiger partial charge in [0.25, 0.3) is 5.91 Å². The standard InChI is InChI=1S/C18H19NO3S/c1-12-5-4-6-15(11-12)19-17(20)13(2)22-18(21)14-7-9-16(23-3)10-8-14/h4-11,13H,1-3H3,(H,19,20)/t13-/m0/s1. The molecule has 2 aromatic carbocycles. The molecule has 0 radical (unpaired) electrons.